The number of nitriles is 1. The molecular weight excluding hydrogens is 284 g/mol. The van der Waals surface area contributed by atoms with Gasteiger partial charge in [0.15, 0.2) is 0 Å². The molecule has 4 heteroatoms. The summed E-state index contributed by atoms with van der Waals surface area (Å²) in [5.41, 5.74) is 1.60. The molecule has 0 amide bonds. The molecular formula is C12H11BrN2S. The first kappa shape index (κ1) is 13.0. The Morgan fingerprint density at radius 2 is 2.25 bits per heavy atom. The Kier molecular flexibility index (Phi) is 5.85. The predicted octanol–water partition coefficient (Wildman–Crippen LogP) is 3.10. The fourth-order valence-corrected chi connectivity index (χ4v) is 2.16. The number of halogens is 1. The summed E-state index contributed by atoms with van der Waals surface area (Å²) in [5, 5.41) is 12.1. The molecule has 0 unspecified atom stereocenters. The molecule has 0 radical (unpaired) electrons. The molecule has 82 valence electrons. The smallest absolute Gasteiger partial charge is 0.0992 e. The molecule has 0 saturated heterocycles. The minimum absolute atomic E-state index is 0.646. The molecule has 0 heterocycles. The second kappa shape index (κ2) is 7.22. The van der Waals surface area contributed by atoms with Gasteiger partial charge in [0, 0.05) is 22.5 Å². The van der Waals surface area contributed by atoms with Crippen molar-refractivity contribution in [1.29, 1.82) is 5.26 Å². The lowest BCUT2D eigenvalue weighted by atomic mass is 10.2. The molecule has 2 nitrogen and oxygen atoms in total. The van der Waals surface area contributed by atoms with Gasteiger partial charge in [-0.15, -0.1) is 18.2 Å². The maximum atomic E-state index is 8.80. The highest BCUT2D eigenvalue weighted by Gasteiger charge is 1.98. The zero-order valence-electron chi connectivity index (χ0n) is 8.66. The molecule has 0 spiro atoms. The third-order valence-corrected chi connectivity index (χ3v) is 3.11. The number of thioether (sulfide) groups is 1. The molecule has 0 aromatic heterocycles. The van der Waals surface area contributed by atoms with Gasteiger partial charge >= 0.3 is 0 Å². The molecule has 1 aromatic carbocycles. The Balaban J connectivity index is 2.45. The van der Waals surface area contributed by atoms with Gasteiger partial charge < -0.3 is 5.32 Å². The van der Waals surface area contributed by atoms with Gasteiger partial charge in [-0.1, -0.05) is 21.9 Å². The van der Waals surface area contributed by atoms with Crippen LogP contribution in [0.2, 0.25) is 0 Å². The molecule has 1 rings (SSSR count). The molecule has 0 aliphatic carbocycles. The zero-order valence-corrected chi connectivity index (χ0v) is 11.1. The van der Waals surface area contributed by atoms with Crippen LogP contribution >= 0.6 is 27.7 Å². The summed E-state index contributed by atoms with van der Waals surface area (Å²) in [6.45, 7) is 0.841. The molecule has 0 saturated carbocycles. The average molecular weight is 295 g/mol. The summed E-state index contributed by atoms with van der Waals surface area (Å²) < 4.78 is 0.908. The number of rotatable bonds is 5. The zero-order chi connectivity index (χ0) is 11.8. The van der Waals surface area contributed by atoms with E-state index in [-0.39, 0.29) is 0 Å². The quantitative estimate of drug-likeness (QED) is 0.670. The van der Waals surface area contributed by atoms with Gasteiger partial charge in [-0.05, 0) is 18.2 Å². The summed E-state index contributed by atoms with van der Waals surface area (Å²) in [6, 6.07) is 7.69. The molecule has 1 N–H and O–H groups in total. The van der Waals surface area contributed by atoms with E-state index in [4.69, 9.17) is 11.7 Å². The van der Waals surface area contributed by atoms with Gasteiger partial charge in [0.2, 0.25) is 0 Å². The van der Waals surface area contributed by atoms with E-state index in [1.807, 2.05) is 12.1 Å². The molecule has 16 heavy (non-hydrogen) atoms. The first-order valence-electron chi connectivity index (χ1n) is 4.72. The first-order chi connectivity index (χ1) is 7.76. The van der Waals surface area contributed by atoms with Crippen molar-refractivity contribution in [3.63, 3.8) is 0 Å². The molecule has 0 aliphatic heterocycles. The second-order valence-corrected chi connectivity index (χ2v) is 5.04. The van der Waals surface area contributed by atoms with E-state index in [0.29, 0.717) is 5.56 Å². The summed E-state index contributed by atoms with van der Waals surface area (Å²) in [4.78, 5) is 0. The van der Waals surface area contributed by atoms with E-state index in [9.17, 15) is 0 Å². The van der Waals surface area contributed by atoms with E-state index in [1.54, 1.807) is 17.8 Å². The minimum Gasteiger partial charge on any atom is -0.384 e. The number of benzene rings is 1. The van der Waals surface area contributed by atoms with Gasteiger partial charge in [-0.3, -0.25) is 0 Å². The Morgan fingerprint density at radius 1 is 1.44 bits per heavy atom. The van der Waals surface area contributed by atoms with E-state index in [2.05, 4.69) is 33.2 Å². The van der Waals surface area contributed by atoms with Gasteiger partial charge in [0.25, 0.3) is 0 Å². The fourth-order valence-electron chi connectivity index (χ4n) is 1.15. The van der Waals surface area contributed by atoms with E-state index in [1.165, 1.54) is 0 Å². The van der Waals surface area contributed by atoms with Crippen LogP contribution < -0.4 is 5.32 Å². The van der Waals surface area contributed by atoms with Crippen LogP contribution in [-0.4, -0.2) is 18.1 Å². The molecule has 1 aromatic rings. The van der Waals surface area contributed by atoms with E-state index < -0.39 is 0 Å². The van der Waals surface area contributed by atoms with Crippen molar-refractivity contribution in [3.05, 3.63) is 28.2 Å². The predicted molar refractivity (Wildman–Crippen MR) is 73.5 cm³/mol. The third-order valence-electron chi connectivity index (χ3n) is 1.79. The number of nitrogens with one attached hydrogen (secondary N) is 1. The average Bonchev–Trinajstić information content (AvgIpc) is 2.28. The SMILES string of the molecule is C#CCSCCNc1cc(Br)cc(C#N)c1. The highest BCUT2D eigenvalue weighted by Crippen LogP contribution is 2.19. The van der Waals surface area contributed by atoms with Gasteiger partial charge in [-0.2, -0.15) is 5.26 Å². The summed E-state index contributed by atoms with van der Waals surface area (Å²) in [6.07, 6.45) is 5.15. The Morgan fingerprint density at radius 3 is 2.94 bits per heavy atom. The number of hydrogen-bond donors (Lipinski definition) is 1. The number of hydrogen-bond acceptors (Lipinski definition) is 3. The third kappa shape index (κ3) is 4.61. The standard InChI is InChI=1S/C12H11BrN2S/c1-2-4-16-5-3-15-12-7-10(9-14)6-11(13)8-12/h1,6-8,15H,3-5H2. The van der Waals surface area contributed by atoms with Crippen molar-refractivity contribution in [1.82, 2.24) is 0 Å². The Hall–Kier alpha value is -1.10. The number of nitrogens with zero attached hydrogens (tertiary/aromatic N) is 1. The van der Waals surface area contributed by atoms with Crippen LogP contribution in [0.3, 0.4) is 0 Å². The van der Waals surface area contributed by atoms with Gasteiger partial charge in [0.1, 0.15) is 0 Å². The lowest BCUT2D eigenvalue weighted by Crippen LogP contribution is -2.04. The van der Waals surface area contributed by atoms with Crippen LogP contribution in [0.25, 0.3) is 0 Å². The maximum absolute atomic E-state index is 8.80. The lowest BCUT2D eigenvalue weighted by molar-refractivity contribution is 1.23. The van der Waals surface area contributed by atoms with Crippen LogP contribution in [0.15, 0.2) is 22.7 Å². The van der Waals surface area contributed by atoms with Crippen molar-refractivity contribution in [3.8, 4) is 18.4 Å². The van der Waals surface area contributed by atoms with E-state index >= 15 is 0 Å². The normalized spacial score (nSPS) is 9.19. The van der Waals surface area contributed by atoms with Crippen molar-refractivity contribution < 1.29 is 0 Å². The van der Waals surface area contributed by atoms with Gasteiger partial charge in [0.05, 0.1) is 17.4 Å². The van der Waals surface area contributed by atoms with Gasteiger partial charge in [-0.25, -0.2) is 0 Å². The van der Waals surface area contributed by atoms with Crippen LogP contribution in [0.4, 0.5) is 5.69 Å². The summed E-state index contributed by atoms with van der Waals surface area (Å²) in [7, 11) is 0. The number of terminal acetylenes is 1. The molecule has 0 atom stereocenters. The highest BCUT2D eigenvalue weighted by atomic mass is 79.9. The van der Waals surface area contributed by atoms with Crippen molar-refractivity contribution in [2.45, 2.75) is 0 Å². The molecule has 0 aliphatic rings. The van der Waals surface area contributed by atoms with Crippen molar-refractivity contribution >= 4 is 33.4 Å². The van der Waals surface area contributed by atoms with Crippen LogP contribution in [0, 0.1) is 23.7 Å². The van der Waals surface area contributed by atoms with Crippen molar-refractivity contribution in [2.75, 3.05) is 23.4 Å². The Bertz CT molecular complexity index is 432. The van der Waals surface area contributed by atoms with Crippen molar-refractivity contribution in [2.24, 2.45) is 0 Å². The monoisotopic (exact) mass is 294 g/mol. The topological polar surface area (TPSA) is 35.8 Å². The largest absolute Gasteiger partial charge is 0.384 e. The Labute approximate surface area is 109 Å². The maximum Gasteiger partial charge on any atom is 0.0992 e. The molecule has 0 fully saturated rings. The molecule has 0 bridgehead atoms. The fraction of sp³-hybridized carbons (Fsp3) is 0.250. The number of anilines is 1. The van der Waals surface area contributed by atoms with Crippen LogP contribution in [0.5, 0.6) is 0 Å². The second-order valence-electron chi connectivity index (χ2n) is 3.02. The lowest BCUT2D eigenvalue weighted by Gasteiger charge is -2.06. The minimum atomic E-state index is 0.646. The van der Waals surface area contributed by atoms with Crippen LogP contribution in [-0.2, 0) is 0 Å². The summed E-state index contributed by atoms with van der Waals surface area (Å²) >= 11 is 5.08. The van der Waals surface area contributed by atoms with E-state index in [0.717, 1.165) is 28.2 Å². The highest BCUT2D eigenvalue weighted by molar-refractivity contribution is 9.10. The summed E-state index contributed by atoms with van der Waals surface area (Å²) in [5.74, 6) is 4.27. The first-order valence-corrected chi connectivity index (χ1v) is 6.67. The van der Waals surface area contributed by atoms with Crippen LogP contribution in [0.1, 0.15) is 5.56 Å².